The van der Waals surface area contributed by atoms with Gasteiger partial charge < -0.3 is 19.4 Å². The van der Waals surface area contributed by atoms with Gasteiger partial charge in [0.15, 0.2) is 11.5 Å². The molecule has 0 unspecified atom stereocenters. The van der Waals surface area contributed by atoms with E-state index in [1.807, 2.05) is 18.2 Å². The van der Waals surface area contributed by atoms with Crippen LogP contribution in [0, 0.1) is 0 Å². The molecule has 0 amide bonds. The van der Waals surface area contributed by atoms with Crippen LogP contribution >= 0.6 is 23.2 Å². The average Bonchev–Trinajstić information content (AvgIpc) is 3.31. The maximum absolute atomic E-state index is 6.22. The minimum absolute atomic E-state index is 0.0172. The highest BCUT2D eigenvalue weighted by Gasteiger charge is 2.35. The van der Waals surface area contributed by atoms with E-state index in [1.165, 1.54) is 0 Å². The molecule has 28 heavy (non-hydrogen) atoms. The molecule has 3 aromatic rings. The SMILES string of the molecule is C=CCO[C@H]1C[C@H](COc2ccccc2Cl)N(c2nc(Cl)nc3nc[nH]c23)C1. The van der Waals surface area contributed by atoms with Crippen LogP contribution in [0.1, 0.15) is 6.42 Å². The van der Waals surface area contributed by atoms with E-state index in [-0.39, 0.29) is 17.4 Å². The zero-order valence-electron chi connectivity index (χ0n) is 15.0. The number of aromatic nitrogens is 4. The Hall–Kier alpha value is -2.35. The van der Waals surface area contributed by atoms with Gasteiger partial charge in [-0.05, 0) is 30.2 Å². The van der Waals surface area contributed by atoms with E-state index in [2.05, 4.69) is 31.4 Å². The summed E-state index contributed by atoms with van der Waals surface area (Å²) in [6.45, 7) is 5.28. The molecule has 1 saturated heterocycles. The second-order valence-electron chi connectivity index (χ2n) is 6.44. The van der Waals surface area contributed by atoms with E-state index >= 15 is 0 Å². The number of aromatic amines is 1. The van der Waals surface area contributed by atoms with E-state index in [9.17, 15) is 0 Å². The summed E-state index contributed by atoms with van der Waals surface area (Å²) in [7, 11) is 0. The van der Waals surface area contributed by atoms with E-state index < -0.39 is 0 Å². The number of ether oxygens (including phenoxy) is 2. The monoisotopic (exact) mass is 419 g/mol. The van der Waals surface area contributed by atoms with E-state index in [1.54, 1.807) is 18.5 Å². The summed E-state index contributed by atoms with van der Waals surface area (Å²) in [6, 6.07) is 7.43. The third kappa shape index (κ3) is 3.92. The number of fused-ring (bicyclic) bond motifs is 1. The Morgan fingerprint density at radius 3 is 2.96 bits per heavy atom. The van der Waals surface area contributed by atoms with Crippen molar-refractivity contribution in [3.63, 3.8) is 0 Å². The van der Waals surface area contributed by atoms with Gasteiger partial charge in [-0.2, -0.15) is 9.97 Å². The van der Waals surface area contributed by atoms with E-state index in [0.29, 0.717) is 42.0 Å². The summed E-state index contributed by atoms with van der Waals surface area (Å²) in [6.07, 6.45) is 4.11. The fraction of sp³-hybridized carbons (Fsp3) is 0.316. The Balaban J connectivity index is 1.61. The van der Waals surface area contributed by atoms with Crippen LogP contribution in [0.2, 0.25) is 10.3 Å². The zero-order valence-corrected chi connectivity index (χ0v) is 16.5. The number of rotatable bonds is 7. The lowest BCUT2D eigenvalue weighted by atomic mass is 10.2. The molecule has 0 bridgehead atoms. The molecular weight excluding hydrogens is 401 g/mol. The van der Waals surface area contributed by atoms with Crippen molar-refractivity contribution in [2.24, 2.45) is 0 Å². The molecule has 4 rings (SSSR count). The molecule has 9 heteroatoms. The number of H-pyrrole nitrogens is 1. The Kier molecular flexibility index (Phi) is 5.66. The first-order chi connectivity index (χ1) is 13.7. The first-order valence-electron chi connectivity index (χ1n) is 8.88. The molecular formula is C19H19Cl2N5O2. The molecule has 0 spiro atoms. The lowest BCUT2D eigenvalue weighted by Crippen LogP contribution is -2.35. The predicted molar refractivity (Wildman–Crippen MR) is 109 cm³/mol. The van der Waals surface area contributed by atoms with Gasteiger partial charge in [0.1, 0.15) is 17.9 Å². The van der Waals surface area contributed by atoms with Crippen molar-refractivity contribution < 1.29 is 9.47 Å². The summed E-state index contributed by atoms with van der Waals surface area (Å²) in [5.74, 6) is 1.33. The van der Waals surface area contributed by atoms with Crippen LogP contribution in [0.3, 0.4) is 0 Å². The summed E-state index contributed by atoms with van der Waals surface area (Å²) in [5, 5.41) is 0.725. The molecule has 0 radical (unpaired) electrons. The second-order valence-corrected chi connectivity index (χ2v) is 7.19. The van der Waals surface area contributed by atoms with Gasteiger partial charge in [-0.15, -0.1) is 6.58 Å². The quantitative estimate of drug-likeness (QED) is 0.462. The fourth-order valence-electron chi connectivity index (χ4n) is 3.36. The van der Waals surface area contributed by atoms with Gasteiger partial charge in [0.05, 0.1) is 30.1 Å². The van der Waals surface area contributed by atoms with Crippen molar-refractivity contribution in [1.29, 1.82) is 0 Å². The zero-order chi connectivity index (χ0) is 19.5. The van der Waals surface area contributed by atoms with Crippen LogP contribution < -0.4 is 9.64 Å². The highest BCUT2D eigenvalue weighted by Crippen LogP contribution is 2.32. The molecule has 1 N–H and O–H groups in total. The summed E-state index contributed by atoms with van der Waals surface area (Å²) in [4.78, 5) is 18.0. The second kappa shape index (κ2) is 8.34. The van der Waals surface area contributed by atoms with Gasteiger partial charge in [0.2, 0.25) is 5.28 Å². The lowest BCUT2D eigenvalue weighted by molar-refractivity contribution is 0.0866. The Labute approximate surface area is 172 Å². The highest BCUT2D eigenvalue weighted by molar-refractivity contribution is 6.32. The number of anilines is 1. The molecule has 3 heterocycles. The minimum Gasteiger partial charge on any atom is -0.490 e. The van der Waals surface area contributed by atoms with Crippen LogP contribution in [0.25, 0.3) is 11.2 Å². The molecule has 1 aliphatic heterocycles. The van der Waals surface area contributed by atoms with E-state index in [0.717, 1.165) is 11.9 Å². The smallest absolute Gasteiger partial charge is 0.226 e. The van der Waals surface area contributed by atoms with Crippen molar-refractivity contribution in [2.75, 3.05) is 24.7 Å². The Morgan fingerprint density at radius 2 is 2.14 bits per heavy atom. The van der Waals surface area contributed by atoms with Gasteiger partial charge in [-0.3, -0.25) is 0 Å². The van der Waals surface area contributed by atoms with Crippen LogP contribution in [0.5, 0.6) is 5.75 Å². The number of hydrogen-bond acceptors (Lipinski definition) is 6. The number of hydrogen-bond donors (Lipinski definition) is 1. The molecule has 1 aromatic carbocycles. The Bertz CT molecular complexity index is 980. The largest absolute Gasteiger partial charge is 0.490 e. The molecule has 2 atom stereocenters. The molecule has 146 valence electrons. The van der Waals surface area contributed by atoms with Crippen molar-refractivity contribution in [1.82, 2.24) is 19.9 Å². The third-order valence-electron chi connectivity index (χ3n) is 4.61. The molecule has 1 aliphatic rings. The minimum atomic E-state index is 0.0172. The summed E-state index contributed by atoms with van der Waals surface area (Å²) >= 11 is 12.3. The highest BCUT2D eigenvalue weighted by atomic mass is 35.5. The first kappa shape index (κ1) is 19.0. The number of nitrogens with one attached hydrogen (secondary N) is 1. The maximum Gasteiger partial charge on any atom is 0.226 e. The first-order valence-corrected chi connectivity index (χ1v) is 9.64. The van der Waals surface area contributed by atoms with Crippen LogP contribution in [0.4, 0.5) is 5.82 Å². The standard InChI is InChI=1S/C19H19Cl2N5O2/c1-2-7-27-13-8-12(10-28-15-6-4-3-5-14(15)20)26(9-13)18-16-17(23-11-22-16)24-19(21)25-18/h2-6,11-13H,1,7-10H2,(H,22,23,24,25)/t12-,13+/m1/s1. The number of imidazole rings is 1. The van der Waals surface area contributed by atoms with Crippen molar-refractivity contribution >= 4 is 40.2 Å². The van der Waals surface area contributed by atoms with Crippen LogP contribution in [-0.2, 0) is 4.74 Å². The fourth-order valence-corrected chi connectivity index (χ4v) is 3.71. The van der Waals surface area contributed by atoms with Gasteiger partial charge in [0.25, 0.3) is 0 Å². The molecule has 0 saturated carbocycles. The van der Waals surface area contributed by atoms with E-state index in [4.69, 9.17) is 32.7 Å². The van der Waals surface area contributed by atoms with Gasteiger partial charge in [-0.1, -0.05) is 29.8 Å². The summed E-state index contributed by atoms with van der Waals surface area (Å²) in [5.41, 5.74) is 1.26. The topological polar surface area (TPSA) is 76.2 Å². The molecule has 7 nitrogen and oxygen atoms in total. The summed E-state index contributed by atoms with van der Waals surface area (Å²) < 4.78 is 11.9. The van der Waals surface area contributed by atoms with Crippen molar-refractivity contribution in [3.05, 3.63) is 53.6 Å². The number of benzene rings is 1. The normalized spacial score (nSPS) is 19.3. The maximum atomic E-state index is 6.22. The number of para-hydroxylation sites is 1. The molecule has 0 aliphatic carbocycles. The van der Waals surface area contributed by atoms with Crippen LogP contribution in [-0.4, -0.2) is 51.8 Å². The molecule has 1 fully saturated rings. The van der Waals surface area contributed by atoms with Crippen LogP contribution in [0.15, 0.2) is 43.2 Å². The molecule has 2 aromatic heterocycles. The van der Waals surface area contributed by atoms with Gasteiger partial charge in [0, 0.05) is 6.54 Å². The lowest BCUT2D eigenvalue weighted by Gasteiger charge is -2.26. The average molecular weight is 420 g/mol. The third-order valence-corrected chi connectivity index (χ3v) is 5.09. The predicted octanol–water partition coefficient (Wildman–Crippen LogP) is 3.89. The van der Waals surface area contributed by atoms with Crippen molar-refractivity contribution in [2.45, 2.75) is 18.6 Å². The van der Waals surface area contributed by atoms with Gasteiger partial charge >= 0.3 is 0 Å². The number of nitrogens with zero attached hydrogens (tertiary/aromatic N) is 4. The van der Waals surface area contributed by atoms with Gasteiger partial charge in [-0.25, -0.2) is 4.98 Å². The number of halogens is 2. The Morgan fingerprint density at radius 1 is 1.29 bits per heavy atom. The van der Waals surface area contributed by atoms with Crippen molar-refractivity contribution in [3.8, 4) is 5.75 Å².